The van der Waals surface area contributed by atoms with Crippen LogP contribution in [-0.2, 0) is 0 Å². The molecule has 9 heavy (non-hydrogen) atoms. The summed E-state index contributed by atoms with van der Waals surface area (Å²) in [5.41, 5.74) is 0. The van der Waals surface area contributed by atoms with Gasteiger partial charge in [-0.3, -0.25) is 0 Å². The van der Waals surface area contributed by atoms with E-state index in [2.05, 4.69) is 23.5 Å². The smallest absolute Gasteiger partial charge is 0.112 e. The summed E-state index contributed by atoms with van der Waals surface area (Å²) in [7, 11) is 0. The van der Waals surface area contributed by atoms with Crippen LogP contribution in [0, 0.1) is 6.92 Å². The molecule has 2 nitrogen and oxygen atoms in total. The molecule has 0 amide bonds. The Morgan fingerprint density at radius 3 is 3.00 bits per heavy atom. The van der Waals surface area contributed by atoms with Crippen molar-refractivity contribution in [3.8, 4) is 0 Å². The molecular weight excluding hydrogens is 112 g/mol. The molecule has 0 aromatic carbocycles. The van der Waals surface area contributed by atoms with E-state index in [1.54, 1.807) is 18.5 Å². The topological polar surface area (TPSA) is 28.7 Å². The largest absolute Gasteiger partial charge is 0.348 e. The fourth-order valence-corrected chi connectivity index (χ4v) is 0.592. The van der Waals surface area contributed by atoms with Crippen molar-refractivity contribution in [1.29, 1.82) is 0 Å². The van der Waals surface area contributed by atoms with Crippen LogP contribution in [0.3, 0.4) is 0 Å². The number of aromatic amines is 1. The number of allylic oxidation sites excluding steroid dienone is 1. The molecule has 1 radical (unpaired) electrons. The SMILES string of the molecule is [CH2]C(C=C)c1ncc[nH]1. The monoisotopic (exact) mass is 121 g/mol. The van der Waals surface area contributed by atoms with E-state index in [0.29, 0.717) is 0 Å². The zero-order chi connectivity index (χ0) is 6.69. The number of imidazole rings is 1. The first-order valence-corrected chi connectivity index (χ1v) is 2.79. The number of nitrogens with zero attached hydrogens (tertiary/aromatic N) is 1. The Balaban J connectivity index is 2.76. The van der Waals surface area contributed by atoms with Crippen LogP contribution in [0.5, 0.6) is 0 Å². The summed E-state index contributed by atoms with van der Waals surface area (Å²) in [5, 5.41) is 0. The molecule has 1 aromatic heterocycles. The summed E-state index contributed by atoms with van der Waals surface area (Å²) in [4.78, 5) is 6.94. The van der Waals surface area contributed by atoms with Gasteiger partial charge in [0, 0.05) is 18.3 Å². The van der Waals surface area contributed by atoms with Gasteiger partial charge in [-0.15, -0.1) is 6.58 Å². The van der Waals surface area contributed by atoms with Gasteiger partial charge >= 0.3 is 0 Å². The highest BCUT2D eigenvalue weighted by molar-refractivity contribution is 5.06. The highest BCUT2D eigenvalue weighted by Gasteiger charge is 1.99. The molecule has 1 rings (SSSR count). The molecule has 0 saturated carbocycles. The van der Waals surface area contributed by atoms with Gasteiger partial charge in [-0.05, 0) is 6.92 Å². The van der Waals surface area contributed by atoms with Crippen molar-refractivity contribution < 1.29 is 0 Å². The fraction of sp³-hybridized carbons (Fsp3) is 0.143. The lowest BCUT2D eigenvalue weighted by Crippen LogP contribution is -1.90. The van der Waals surface area contributed by atoms with Crippen molar-refractivity contribution in [1.82, 2.24) is 9.97 Å². The van der Waals surface area contributed by atoms with E-state index in [1.165, 1.54) is 0 Å². The van der Waals surface area contributed by atoms with Crippen LogP contribution in [0.15, 0.2) is 25.0 Å². The van der Waals surface area contributed by atoms with Gasteiger partial charge in [-0.25, -0.2) is 4.98 Å². The molecule has 1 unspecified atom stereocenters. The summed E-state index contributed by atoms with van der Waals surface area (Å²) in [6.07, 6.45) is 5.23. The lowest BCUT2D eigenvalue weighted by Gasteiger charge is -1.97. The average Bonchev–Trinajstić information content (AvgIpc) is 2.37. The summed E-state index contributed by atoms with van der Waals surface area (Å²) >= 11 is 0. The van der Waals surface area contributed by atoms with Gasteiger partial charge < -0.3 is 4.98 Å². The van der Waals surface area contributed by atoms with E-state index >= 15 is 0 Å². The van der Waals surface area contributed by atoms with Gasteiger partial charge in [0.05, 0.1) is 0 Å². The quantitative estimate of drug-likeness (QED) is 0.590. The number of aromatic nitrogens is 2. The molecule has 2 heteroatoms. The third kappa shape index (κ3) is 1.19. The van der Waals surface area contributed by atoms with Crippen molar-refractivity contribution in [3.05, 3.63) is 37.8 Å². The van der Waals surface area contributed by atoms with Crippen molar-refractivity contribution in [3.63, 3.8) is 0 Å². The number of hydrogen-bond acceptors (Lipinski definition) is 1. The Morgan fingerprint density at radius 2 is 2.56 bits per heavy atom. The Hall–Kier alpha value is -1.05. The molecule has 0 aliphatic carbocycles. The molecule has 0 saturated heterocycles. The highest BCUT2D eigenvalue weighted by atomic mass is 14.9. The van der Waals surface area contributed by atoms with Gasteiger partial charge in [0.25, 0.3) is 0 Å². The molecule has 0 fully saturated rings. The maximum Gasteiger partial charge on any atom is 0.112 e. The molecule has 0 aliphatic heterocycles. The van der Waals surface area contributed by atoms with Crippen LogP contribution in [0.25, 0.3) is 0 Å². The van der Waals surface area contributed by atoms with Crippen LogP contribution < -0.4 is 0 Å². The Morgan fingerprint density at radius 1 is 1.78 bits per heavy atom. The second-order valence-electron chi connectivity index (χ2n) is 1.82. The van der Waals surface area contributed by atoms with E-state index in [1.807, 2.05) is 0 Å². The number of nitrogens with one attached hydrogen (secondary N) is 1. The molecule has 0 spiro atoms. The predicted octanol–water partition coefficient (Wildman–Crippen LogP) is 1.51. The second-order valence-corrected chi connectivity index (χ2v) is 1.82. The van der Waals surface area contributed by atoms with Crippen LogP contribution in [0.4, 0.5) is 0 Å². The third-order valence-electron chi connectivity index (χ3n) is 1.16. The lowest BCUT2D eigenvalue weighted by molar-refractivity contribution is 0.949. The highest BCUT2D eigenvalue weighted by Crippen LogP contribution is 2.07. The Kier molecular flexibility index (Phi) is 1.68. The summed E-state index contributed by atoms with van der Waals surface area (Å²) in [6, 6.07) is 0. The van der Waals surface area contributed by atoms with Crippen molar-refractivity contribution in [2.75, 3.05) is 0 Å². The minimum absolute atomic E-state index is 0.0833. The zero-order valence-corrected chi connectivity index (χ0v) is 5.17. The predicted molar refractivity (Wildman–Crippen MR) is 36.9 cm³/mol. The molecule has 1 aromatic rings. The lowest BCUT2D eigenvalue weighted by atomic mass is 10.2. The number of H-pyrrole nitrogens is 1. The number of rotatable bonds is 2. The van der Waals surface area contributed by atoms with E-state index < -0.39 is 0 Å². The fourth-order valence-electron chi connectivity index (χ4n) is 0.592. The molecule has 1 atom stereocenters. The van der Waals surface area contributed by atoms with Crippen molar-refractivity contribution in [2.45, 2.75) is 5.92 Å². The average molecular weight is 121 g/mol. The minimum atomic E-state index is 0.0833. The summed E-state index contributed by atoms with van der Waals surface area (Å²) in [6.45, 7) is 7.38. The molecule has 0 bridgehead atoms. The molecule has 0 aliphatic rings. The molecular formula is C7H9N2. The zero-order valence-electron chi connectivity index (χ0n) is 5.17. The van der Waals surface area contributed by atoms with E-state index in [4.69, 9.17) is 0 Å². The normalized spacial score (nSPS) is 13.0. The van der Waals surface area contributed by atoms with Gasteiger partial charge in [-0.1, -0.05) is 6.08 Å². The minimum Gasteiger partial charge on any atom is -0.348 e. The van der Waals surface area contributed by atoms with Gasteiger partial charge in [0.15, 0.2) is 0 Å². The maximum atomic E-state index is 4.00. The first-order chi connectivity index (χ1) is 4.34. The standard InChI is InChI=1S/C7H9N2/c1-3-6(2)7-8-4-5-9-7/h3-6H,1-2H2,(H,8,9). The van der Waals surface area contributed by atoms with Gasteiger partial charge in [-0.2, -0.15) is 0 Å². The van der Waals surface area contributed by atoms with Gasteiger partial charge in [0.2, 0.25) is 0 Å². The summed E-state index contributed by atoms with van der Waals surface area (Å²) < 4.78 is 0. The molecule has 1 heterocycles. The number of hydrogen-bond donors (Lipinski definition) is 1. The van der Waals surface area contributed by atoms with Crippen LogP contribution in [-0.4, -0.2) is 9.97 Å². The molecule has 47 valence electrons. The maximum absolute atomic E-state index is 4.00. The van der Waals surface area contributed by atoms with Crippen LogP contribution >= 0.6 is 0 Å². The second kappa shape index (κ2) is 2.49. The Labute approximate surface area is 54.6 Å². The van der Waals surface area contributed by atoms with Crippen molar-refractivity contribution in [2.24, 2.45) is 0 Å². The van der Waals surface area contributed by atoms with Crippen molar-refractivity contribution >= 4 is 0 Å². The van der Waals surface area contributed by atoms with Gasteiger partial charge in [0.1, 0.15) is 5.82 Å². The molecule has 1 N–H and O–H groups in total. The third-order valence-corrected chi connectivity index (χ3v) is 1.16. The van der Waals surface area contributed by atoms with E-state index in [-0.39, 0.29) is 5.92 Å². The van der Waals surface area contributed by atoms with Crippen LogP contribution in [0.2, 0.25) is 0 Å². The van der Waals surface area contributed by atoms with E-state index in [0.717, 1.165) is 5.82 Å². The summed E-state index contributed by atoms with van der Waals surface area (Å²) in [5.74, 6) is 0.949. The first kappa shape index (κ1) is 6.08. The first-order valence-electron chi connectivity index (χ1n) is 2.79. The Bertz CT molecular complexity index is 177. The van der Waals surface area contributed by atoms with Crippen LogP contribution in [0.1, 0.15) is 11.7 Å². The van der Waals surface area contributed by atoms with E-state index in [9.17, 15) is 0 Å².